The molecule has 0 fully saturated rings. The van der Waals surface area contributed by atoms with Gasteiger partial charge in [0.25, 0.3) is 0 Å². The molecule has 0 aliphatic rings. The molecule has 0 saturated carbocycles. The third kappa shape index (κ3) is 3.39. The van der Waals surface area contributed by atoms with Crippen LogP contribution in [0.15, 0.2) is 40.9 Å². The molecule has 1 N–H and O–H groups in total. The van der Waals surface area contributed by atoms with Crippen molar-refractivity contribution >= 4 is 27.6 Å². The summed E-state index contributed by atoms with van der Waals surface area (Å²) in [5, 5.41) is 8.93. The van der Waals surface area contributed by atoms with E-state index < -0.39 is 11.8 Å². The molecule has 0 heterocycles. The summed E-state index contributed by atoms with van der Waals surface area (Å²) in [5.74, 6) is -2.22. The summed E-state index contributed by atoms with van der Waals surface area (Å²) in [5.41, 5.74) is 0.780. The number of benzene rings is 2. The summed E-state index contributed by atoms with van der Waals surface area (Å²) in [6.07, 6.45) is 0. The zero-order chi connectivity index (χ0) is 15.6. The van der Waals surface area contributed by atoms with Crippen LogP contribution in [0, 0.1) is 11.6 Å². The van der Waals surface area contributed by atoms with Crippen LogP contribution in [-0.4, -0.2) is 18.1 Å². The van der Waals surface area contributed by atoms with Gasteiger partial charge >= 0.3 is 5.97 Å². The maximum atomic E-state index is 14.2. The number of halogens is 3. The number of carbonyl (C=O) groups is 1. The quantitative estimate of drug-likeness (QED) is 0.898. The second-order valence-electron chi connectivity index (χ2n) is 4.55. The lowest BCUT2D eigenvalue weighted by Crippen LogP contribution is -2.18. The van der Waals surface area contributed by atoms with Gasteiger partial charge in [-0.05, 0) is 45.8 Å². The van der Waals surface area contributed by atoms with Crippen molar-refractivity contribution in [2.45, 2.75) is 6.54 Å². The predicted octanol–water partition coefficient (Wildman–Crippen LogP) is 4.06. The molecule has 0 aliphatic carbocycles. The molecule has 2 rings (SSSR count). The molecular formula is C15H12BrF2NO2. The number of hydrogen-bond donors (Lipinski definition) is 1. The Morgan fingerprint density at radius 3 is 2.62 bits per heavy atom. The average Bonchev–Trinajstić information content (AvgIpc) is 2.41. The highest BCUT2D eigenvalue weighted by Crippen LogP contribution is 2.29. The Morgan fingerprint density at radius 2 is 2.00 bits per heavy atom. The molecule has 21 heavy (non-hydrogen) atoms. The number of aromatic carboxylic acids is 1. The van der Waals surface area contributed by atoms with Crippen molar-refractivity contribution in [2.75, 3.05) is 11.9 Å². The third-order valence-corrected chi connectivity index (χ3v) is 3.79. The molecule has 0 spiro atoms. The Balaban J connectivity index is 2.29. The molecule has 2 aromatic carbocycles. The van der Waals surface area contributed by atoms with Gasteiger partial charge in [0.2, 0.25) is 0 Å². The summed E-state index contributed by atoms with van der Waals surface area (Å²) < 4.78 is 27.3. The van der Waals surface area contributed by atoms with Crippen LogP contribution in [0.2, 0.25) is 0 Å². The number of carboxylic acids is 1. The first-order valence-corrected chi connectivity index (χ1v) is 6.86. The lowest BCUT2D eigenvalue weighted by atomic mass is 10.1. The average molecular weight is 356 g/mol. The Labute approximate surface area is 128 Å². The first kappa shape index (κ1) is 15.4. The van der Waals surface area contributed by atoms with Crippen molar-refractivity contribution in [3.05, 3.63) is 63.6 Å². The molecule has 0 saturated heterocycles. The number of hydrogen-bond acceptors (Lipinski definition) is 2. The molecule has 0 bridgehead atoms. The van der Waals surface area contributed by atoms with Crippen LogP contribution in [-0.2, 0) is 6.54 Å². The minimum Gasteiger partial charge on any atom is -0.478 e. The fourth-order valence-electron chi connectivity index (χ4n) is 1.99. The van der Waals surface area contributed by atoms with Crippen LogP contribution in [0.25, 0.3) is 0 Å². The summed E-state index contributed by atoms with van der Waals surface area (Å²) in [4.78, 5) is 12.5. The monoisotopic (exact) mass is 355 g/mol. The smallest absolute Gasteiger partial charge is 0.336 e. The SMILES string of the molecule is CN(Cc1cccc(F)c1)c1ccc(C(=O)O)c(Br)c1F. The Morgan fingerprint density at radius 1 is 1.29 bits per heavy atom. The van der Waals surface area contributed by atoms with E-state index in [1.54, 1.807) is 24.1 Å². The highest BCUT2D eigenvalue weighted by atomic mass is 79.9. The fourth-order valence-corrected chi connectivity index (χ4v) is 2.50. The van der Waals surface area contributed by atoms with Crippen LogP contribution in [0.5, 0.6) is 0 Å². The second-order valence-corrected chi connectivity index (χ2v) is 5.34. The van der Waals surface area contributed by atoms with Crippen LogP contribution < -0.4 is 4.90 Å². The number of rotatable bonds is 4. The maximum Gasteiger partial charge on any atom is 0.336 e. The van der Waals surface area contributed by atoms with Gasteiger partial charge < -0.3 is 10.0 Å². The minimum atomic E-state index is -1.21. The van der Waals surface area contributed by atoms with Gasteiger partial charge in [-0.3, -0.25) is 0 Å². The number of nitrogens with zero attached hydrogens (tertiary/aromatic N) is 1. The lowest BCUT2D eigenvalue weighted by molar-refractivity contribution is 0.0695. The molecule has 6 heteroatoms. The van der Waals surface area contributed by atoms with Gasteiger partial charge in [0, 0.05) is 13.6 Å². The third-order valence-electron chi connectivity index (χ3n) is 3.01. The van der Waals surface area contributed by atoms with Crippen molar-refractivity contribution in [1.29, 1.82) is 0 Å². The molecule has 0 aromatic heterocycles. The molecule has 0 atom stereocenters. The summed E-state index contributed by atoms with van der Waals surface area (Å²) in [6, 6.07) is 8.74. The Hall–Kier alpha value is -1.95. The molecule has 0 aliphatic heterocycles. The maximum absolute atomic E-state index is 14.2. The van der Waals surface area contributed by atoms with E-state index >= 15 is 0 Å². The van der Waals surface area contributed by atoms with Gasteiger partial charge in [-0.1, -0.05) is 12.1 Å². The van der Waals surface area contributed by atoms with Crippen molar-refractivity contribution in [1.82, 2.24) is 0 Å². The van der Waals surface area contributed by atoms with Gasteiger partial charge in [0.05, 0.1) is 15.7 Å². The molecule has 3 nitrogen and oxygen atoms in total. The number of carboxylic acid groups (broad SMARTS) is 1. The van der Waals surface area contributed by atoms with Gasteiger partial charge in [0.1, 0.15) is 5.82 Å². The largest absolute Gasteiger partial charge is 0.478 e. The minimum absolute atomic E-state index is 0.0985. The Bertz CT molecular complexity index is 691. The van der Waals surface area contributed by atoms with Crippen molar-refractivity contribution in [2.24, 2.45) is 0 Å². The standard InChI is InChI=1S/C15H12BrF2NO2/c1-19(8-9-3-2-4-10(17)7-9)12-6-5-11(15(20)21)13(16)14(12)18/h2-7H,8H2,1H3,(H,20,21). The van der Waals surface area contributed by atoms with Crippen molar-refractivity contribution < 1.29 is 18.7 Å². The topological polar surface area (TPSA) is 40.5 Å². The highest BCUT2D eigenvalue weighted by Gasteiger charge is 2.18. The van der Waals surface area contributed by atoms with Gasteiger partial charge in [-0.15, -0.1) is 0 Å². The molecule has 0 radical (unpaired) electrons. The van der Waals surface area contributed by atoms with E-state index in [0.717, 1.165) is 0 Å². The molecular weight excluding hydrogens is 344 g/mol. The van der Waals surface area contributed by atoms with Crippen molar-refractivity contribution in [3.63, 3.8) is 0 Å². The first-order valence-electron chi connectivity index (χ1n) is 6.07. The highest BCUT2D eigenvalue weighted by molar-refractivity contribution is 9.10. The van der Waals surface area contributed by atoms with E-state index in [9.17, 15) is 13.6 Å². The van der Waals surface area contributed by atoms with Crippen LogP contribution >= 0.6 is 15.9 Å². The molecule has 0 unspecified atom stereocenters. The van der Waals surface area contributed by atoms with Crippen molar-refractivity contribution in [3.8, 4) is 0 Å². The fraction of sp³-hybridized carbons (Fsp3) is 0.133. The van der Waals surface area contributed by atoms with E-state index in [4.69, 9.17) is 5.11 Å². The van der Waals surface area contributed by atoms with E-state index in [2.05, 4.69) is 15.9 Å². The number of anilines is 1. The normalized spacial score (nSPS) is 10.5. The zero-order valence-corrected chi connectivity index (χ0v) is 12.7. The van der Waals surface area contributed by atoms with Crippen LogP contribution in [0.1, 0.15) is 15.9 Å². The second kappa shape index (κ2) is 6.22. The lowest BCUT2D eigenvalue weighted by Gasteiger charge is -2.21. The van der Waals surface area contributed by atoms with Crippen LogP contribution in [0.3, 0.4) is 0 Å². The van der Waals surface area contributed by atoms with E-state index in [1.807, 2.05) is 0 Å². The van der Waals surface area contributed by atoms with E-state index in [0.29, 0.717) is 12.1 Å². The Kier molecular flexibility index (Phi) is 4.57. The predicted molar refractivity (Wildman–Crippen MR) is 79.6 cm³/mol. The zero-order valence-electron chi connectivity index (χ0n) is 11.1. The van der Waals surface area contributed by atoms with E-state index in [-0.39, 0.29) is 21.5 Å². The van der Waals surface area contributed by atoms with Gasteiger partial charge in [-0.25, -0.2) is 13.6 Å². The summed E-state index contributed by atoms with van der Waals surface area (Å²) in [7, 11) is 1.65. The molecule has 0 amide bonds. The van der Waals surface area contributed by atoms with Gasteiger partial charge in [-0.2, -0.15) is 0 Å². The molecule has 110 valence electrons. The van der Waals surface area contributed by atoms with Crippen LogP contribution in [0.4, 0.5) is 14.5 Å². The summed E-state index contributed by atoms with van der Waals surface area (Å²) >= 11 is 2.95. The van der Waals surface area contributed by atoms with E-state index in [1.165, 1.54) is 24.3 Å². The first-order chi connectivity index (χ1) is 9.90. The van der Waals surface area contributed by atoms with Gasteiger partial charge in [0.15, 0.2) is 5.82 Å². The molecule has 2 aromatic rings. The summed E-state index contributed by atoms with van der Waals surface area (Å²) in [6.45, 7) is 0.299.